The molecule has 0 N–H and O–H groups in total. The smallest absolute Gasteiger partial charge is 0.0721 e. The Bertz CT molecular complexity index is 583. The van der Waals surface area contributed by atoms with E-state index in [4.69, 9.17) is 4.74 Å². The number of allylic oxidation sites excluding steroid dienone is 2. The van der Waals surface area contributed by atoms with Gasteiger partial charge in [0, 0.05) is 0 Å². The maximum atomic E-state index is 5.66. The Morgan fingerprint density at radius 1 is 0.929 bits per heavy atom. The predicted octanol–water partition coefficient (Wildman–Crippen LogP) is 7.83. The van der Waals surface area contributed by atoms with Crippen LogP contribution in [-0.4, -0.2) is 6.61 Å². The van der Waals surface area contributed by atoms with Crippen LogP contribution < -0.4 is 0 Å². The molecular formula is C27H40O. The van der Waals surface area contributed by atoms with Gasteiger partial charge in [0.1, 0.15) is 0 Å². The molecule has 2 aliphatic carbocycles. The number of rotatable bonds is 9. The molecule has 0 atom stereocenters. The van der Waals surface area contributed by atoms with E-state index in [1.807, 2.05) is 13.0 Å². The molecule has 0 unspecified atom stereocenters. The van der Waals surface area contributed by atoms with Gasteiger partial charge in [0.25, 0.3) is 0 Å². The van der Waals surface area contributed by atoms with E-state index < -0.39 is 0 Å². The minimum Gasteiger partial charge on any atom is -0.373 e. The maximum absolute atomic E-state index is 5.66. The molecule has 0 bridgehead atoms. The first-order chi connectivity index (χ1) is 13.8. The van der Waals surface area contributed by atoms with Gasteiger partial charge in [-0.05, 0) is 93.1 Å². The van der Waals surface area contributed by atoms with Crippen LogP contribution in [0.2, 0.25) is 0 Å². The SMILES string of the molecule is C=CCC[C@H]1CC[C@H](C2CCC(c3ccc(COCC=CC)cc3)CC2)CC1. The second-order valence-electron chi connectivity index (χ2n) is 9.08. The number of ether oxygens (including phenoxy) is 1. The van der Waals surface area contributed by atoms with Crippen molar-refractivity contribution in [3.63, 3.8) is 0 Å². The van der Waals surface area contributed by atoms with Crippen LogP contribution in [0.25, 0.3) is 0 Å². The molecule has 1 heteroatoms. The average molecular weight is 381 g/mol. The van der Waals surface area contributed by atoms with Gasteiger partial charge in [0.2, 0.25) is 0 Å². The molecule has 0 saturated heterocycles. The summed E-state index contributed by atoms with van der Waals surface area (Å²) in [6, 6.07) is 9.23. The van der Waals surface area contributed by atoms with Crippen molar-refractivity contribution in [1.82, 2.24) is 0 Å². The van der Waals surface area contributed by atoms with Crippen molar-refractivity contribution in [2.24, 2.45) is 17.8 Å². The minimum atomic E-state index is 0.707. The first-order valence-electron chi connectivity index (χ1n) is 11.7. The first kappa shape index (κ1) is 21.4. The highest BCUT2D eigenvalue weighted by Gasteiger charge is 2.31. The fourth-order valence-electron chi connectivity index (χ4n) is 5.45. The third-order valence-corrected chi connectivity index (χ3v) is 7.28. The summed E-state index contributed by atoms with van der Waals surface area (Å²) in [5.41, 5.74) is 2.83. The van der Waals surface area contributed by atoms with Gasteiger partial charge in [-0.3, -0.25) is 0 Å². The molecule has 1 aromatic carbocycles. The quantitative estimate of drug-likeness (QED) is 0.313. The Morgan fingerprint density at radius 3 is 2.18 bits per heavy atom. The summed E-state index contributed by atoms with van der Waals surface area (Å²) in [7, 11) is 0. The number of hydrogen-bond acceptors (Lipinski definition) is 1. The van der Waals surface area contributed by atoms with E-state index in [1.165, 1.54) is 69.8 Å². The maximum Gasteiger partial charge on any atom is 0.0721 e. The third kappa shape index (κ3) is 6.34. The summed E-state index contributed by atoms with van der Waals surface area (Å²) in [5.74, 6) is 3.76. The van der Waals surface area contributed by atoms with Crippen molar-refractivity contribution in [2.45, 2.75) is 83.7 Å². The molecule has 28 heavy (non-hydrogen) atoms. The van der Waals surface area contributed by atoms with Crippen molar-refractivity contribution in [3.8, 4) is 0 Å². The summed E-state index contributed by atoms with van der Waals surface area (Å²) >= 11 is 0. The van der Waals surface area contributed by atoms with Gasteiger partial charge in [-0.1, -0.05) is 55.3 Å². The van der Waals surface area contributed by atoms with Crippen molar-refractivity contribution in [2.75, 3.05) is 6.61 Å². The van der Waals surface area contributed by atoms with Gasteiger partial charge in [0.05, 0.1) is 13.2 Å². The Morgan fingerprint density at radius 2 is 1.57 bits per heavy atom. The summed E-state index contributed by atoms with van der Waals surface area (Å²) in [4.78, 5) is 0. The van der Waals surface area contributed by atoms with E-state index in [2.05, 4.69) is 43.0 Å². The van der Waals surface area contributed by atoms with E-state index >= 15 is 0 Å². The monoisotopic (exact) mass is 380 g/mol. The number of hydrogen-bond donors (Lipinski definition) is 0. The van der Waals surface area contributed by atoms with E-state index in [1.54, 1.807) is 5.56 Å². The van der Waals surface area contributed by atoms with Crippen LogP contribution in [0.5, 0.6) is 0 Å². The second kappa shape index (κ2) is 11.6. The molecule has 1 nitrogen and oxygen atoms in total. The zero-order valence-electron chi connectivity index (χ0n) is 18.0. The molecule has 0 heterocycles. The molecule has 0 aromatic heterocycles. The molecule has 2 aliphatic rings. The van der Waals surface area contributed by atoms with Gasteiger partial charge >= 0.3 is 0 Å². The minimum absolute atomic E-state index is 0.707. The molecular weight excluding hydrogens is 340 g/mol. The van der Waals surface area contributed by atoms with Crippen LogP contribution in [0.4, 0.5) is 0 Å². The zero-order valence-corrected chi connectivity index (χ0v) is 18.0. The van der Waals surface area contributed by atoms with Gasteiger partial charge < -0.3 is 4.74 Å². The van der Waals surface area contributed by atoms with E-state index in [0.717, 1.165) is 23.7 Å². The topological polar surface area (TPSA) is 9.23 Å². The van der Waals surface area contributed by atoms with Crippen LogP contribution >= 0.6 is 0 Å². The van der Waals surface area contributed by atoms with E-state index in [-0.39, 0.29) is 0 Å². The summed E-state index contributed by atoms with van der Waals surface area (Å²) in [5, 5.41) is 0. The highest BCUT2D eigenvalue weighted by Crippen LogP contribution is 2.44. The van der Waals surface area contributed by atoms with Gasteiger partial charge in [0.15, 0.2) is 0 Å². The molecule has 3 rings (SSSR count). The molecule has 154 valence electrons. The molecule has 1 aromatic rings. The Kier molecular flexibility index (Phi) is 8.86. The van der Waals surface area contributed by atoms with Crippen LogP contribution in [-0.2, 0) is 11.3 Å². The largest absolute Gasteiger partial charge is 0.373 e. The van der Waals surface area contributed by atoms with Crippen LogP contribution in [0.3, 0.4) is 0 Å². The van der Waals surface area contributed by atoms with E-state index in [9.17, 15) is 0 Å². The van der Waals surface area contributed by atoms with E-state index in [0.29, 0.717) is 13.2 Å². The number of benzene rings is 1. The molecule has 0 radical (unpaired) electrons. The van der Waals surface area contributed by atoms with Crippen LogP contribution in [0, 0.1) is 17.8 Å². The molecule has 2 fully saturated rings. The molecule has 0 spiro atoms. The Labute approximate surface area is 173 Å². The summed E-state index contributed by atoms with van der Waals surface area (Å²) in [6.45, 7) is 7.33. The summed E-state index contributed by atoms with van der Waals surface area (Å²) < 4.78 is 5.66. The van der Waals surface area contributed by atoms with Gasteiger partial charge in [-0.15, -0.1) is 6.58 Å². The molecule has 0 amide bonds. The highest BCUT2D eigenvalue weighted by molar-refractivity contribution is 5.25. The lowest BCUT2D eigenvalue weighted by molar-refractivity contribution is 0.148. The Balaban J connectivity index is 1.40. The van der Waals surface area contributed by atoms with Gasteiger partial charge in [-0.2, -0.15) is 0 Å². The Hall–Kier alpha value is -1.34. The predicted molar refractivity (Wildman–Crippen MR) is 120 cm³/mol. The van der Waals surface area contributed by atoms with Crippen LogP contribution in [0.1, 0.15) is 88.2 Å². The van der Waals surface area contributed by atoms with Crippen molar-refractivity contribution < 1.29 is 4.74 Å². The lowest BCUT2D eigenvalue weighted by Crippen LogP contribution is -2.25. The van der Waals surface area contributed by atoms with Crippen molar-refractivity contribution >= 4 is 0 Å². The van der Waals surface area contributed by atoms with Gasteiger partial charge in [-0.25, -0.2) is 0 Å². The highest BCUT2D eigenvalue weighted by atomic mass is 16.5. The summed E-state index contributed by atoms with van der Waals surface area (Å²) in [6.07, 6.45) is 20.3. The molecule has 0 aliphatic heterocycles. The second-order valence-corrected chi connectivity index (χ2v) is 9.08. The van der Waals surface area contributed by atoms with Crippen LogP contribution in [0.15, 0.2) is 49.1 Å². The fourth-order valence-corrected chi connectivity index (χ4v) is 5.45. The lowest BCUT2D eigenvalue weighted by atomic mass is 9.68. The zero-order chi connectivity index (χ0) is 19.6. The van der Waals surface area contributed by atoms with Crippen molar-refractivity contribution in [1.29, 1.82) is 0 Å². The normalized spacial score (nSPS) is 28.5. The molecule has 2 saturated carbocycles. The first-order valence-corrected chi connectivity index (χ1v) is 11.7. The average Bonchev–Trinajstić information content (AvgIpc) is 2.76. The standard InChI is InChI=1S/C27H40O/c1-3-5-7-22-8-12-24(13-9-22)26-16-18-27(19-17-26)25-14-10-23(11-15-25)21-28-20-6-4-2/h3-4,6,10-11,14-15,22,24,26-27H,1,5,7-9,12-13,16-21H2,2H3/t22-,24-,26?,27?. The lowest BCUT2D eigenvalue weighted by Gasteiger charge is -2.38. The third-order valence-electron chi connectivity index (χ3n) is 7.28. The fraction of sp³-hybridized carbons (Fsp3) is 0.630. The van der Waals surface area contributed by atoms with Crippen molar-refractivity contribution in [3.05, 3.63) is 60.2 Å².